The topological polar surface area (TPSA) is 289 Å². The summed E-state index contributed by atoms with van der Waals surface area (Å²) in [4.78, 5) is 192. The van der Waals surface area contributed by atoms with Gasteiger partial charge in [0.1, 0.15) is 72.1 Å². The maximum atomic E-state index is 15.7. The van der Waals surface area contributed by atoms with Gasteiger partial charge in [-0.15, -0.1) is 0 Å². The lowest BCUT2D eigenvalue weighted by atomic mass is 9.58. The van der Waals surface area contributed by atoms with Crippen LogP contribution in [0.2, 0.25) is 0 Å². The molecule has 105 heavy (non-hydrogen) atoms. The predicted octanol–water partition coefficient (Wildman–Crippen LogP) is 5.04. The summed E-state index contributed by atoms with van der Waals surface area (Å²) in [5, 5.41) is 8.50. The standard InChI is InChI=1S/C74H119F5N12O14/c1-17-44(5)61-69(101)85(11)40-59(94)86(12)52-29-25-22-26-32-90(68(52)100)55(35-45-27-23-21-24-28-45)67(99)84(10)39-57(92)80-51(31-30-46-33-49(75)60(50(76)34-46)74(77,78)79)65(97)91-38-48(105-20-4)36-53(91)64(96)82-73(42-72(6,7)43-73)71(103)89(15)62(47(18-2)19-3)70(102)88(14)54(66(98)83(8)9)37-58(93)87(13)56(41-104-16)63(95)81-61/h22,25,44-56,60-62H,17-21,23-24,26-43H2,1-16H3,(H,80,92)(H,81,95)(H,82,96)/b25-22-/t44-,46?,48+,49?,50?,51-,52-,53-,54-,55-,56-,60?,61-,62-/m0/s1. The highest BCUT2D eigenvalue weighted by atomic mass is 19.4. The SMILES string of the molecule is CCO[C@@H]1C[C@H]2C(=O)NC3(CC(C)(C)C3)C(=O)N(C)[C@@H](C(CC)CC)C(=O)N(C)[C@H](C(=O)N(C)C)CC(=O)N(C)[C@@H](COC)C(=O)N[C@@H]([C@@H](C)CC)C(=O)N(C)CC(=O)N(C)[C@H]3C/C=C\CCN(C3=O)[C@@H](CC3CCCCC3)C(=O)N(C)CC(=O)N[C@@H](CCC3CC(F)C(C(F)(F)F)C(F)C3)C(=O)N2C1. The van der Waals surface area contributed by atoms with Crippen molar-refractivity contribution in [1.82, 2.24) is 60.0 Å². The smallest absolute Gasteiger partial charge is 0.382 e. The number of methoxy groups -OCH3 is 1. The largest absolute Gasteiger partial charge is 0.397 e. The second-order valence-corrected chi connectivity index (χ2v) is 31.4. The van der Waals surface area contributed by atoms with Crippen LogP contribution in [0, 0.1) is 35.0 Å². The summed E-state index contributed by atoms with van der Waals surface area (Å²) in [6.45, 7) is 10.7. The molecule has 3 heterocycles. The fourth-order valence-corrected chi connectivity index (χ4v) is 16.8. The first-order valence-corrected chi connectivity index (χ1v) is 37.6. The van der Waals surface area contributed by atoms with Crippen molar-refractivity contribution < 1.29 is 89.0 Å². The highest BCUT2D eigenvalue weighted by molar-refractivity contribution is 6.01. The van der Waals surface area contributed by atoms with Crippen molar-refractivity contribution in [2.45, 2.75) is 249 Å². The minimum atomic E-state index is -5.18. The highest BCUT2D eigenvalue weighted by Gasteiger charge is 2.60. The molecule has 3 aliphatic carbocycles. The van der Waals surface area contributed by atoms with E-state index in [1.807, 2.05) is 33.8 Å². The van der Waals surface area contributed by atoms with Crippen LogP contribution in [0.3, 0.4) is 0 Å². The average Bonchev–Trinajstić information content (AvgIpc) is 1.32. The lowest BCUT2D eigenvalue weighted by Crippen LogP contribution is -2.71. The first kappa shape index (κ1) is 86.9. The van der Waals surface area contributed by atoms with Crippen LogP contribution in [0.1, 0.15) is 170 Å². The van der Waals surface area contributed by atoms with Gasteiger partial charge >= 0.3 is 6.18 Å². The number of halogens is 5. The van der Waals surface area contributed by atoms with Gasteiger partial charge in [0, 0.05) is 89.6 Å². The van der Waals surface area contributed by atoms with Gasteiger partial charge < -0.3 is 69.5 Å². The first-order valence-electron chi connectivity index (χ1n) is 37.6. The Morgan fingerprint density at radius 3 is 1.86 bits per heavy atom. The third-order valence-corrected chi connectivity index (χ3v) is 23.0. The maximum Gasteiger partial charge on any atom is 0.397 e. The lowest BCUT2D eigenvalue weighted by molar-refractivity contribution is -0.219. The molecule has 6 rings (SSSR count). The van der Waals surface area contributed by atoms with E-state index in [0.29, 0.717) is 25.7 Å². The number of fused-ring (bicyclic) bond motifs is 3. The zero-order valence-corrected chi connectivity index (χ0v) is 64.7. The minimum Gasteiger partial charge on any atom is -0.382 e. The number of ether oxygens (including phenoxy) is 2. The Morgan fingerprint density at radius 1 is 0.676 bits per heavy atom. The second-order valence-electron chi connectivity index (χ2n) is 31.4. The van der Waals surface area contributed by atoms with E-state index in [9.17, 15) is 41.9 Å². The third kappa shape index (κ3) is 21.2. The molecule has 3 saturated carbocycles. The molecule has 6 aliphatic rings. The van der Waals surface area contributed by atoms with Crippen LogP contribution in [-0.2, 0) is 67.0 Å². The molecule has 2 saturated heterocycles. The van der Waals surface area contributed by atoms with Crippen LogP contribution in [0.4, 0.5) is 22.0 Å². The lowest BCUT2D eigenvalue weighted by Gasteiger charge is -2.54. The van der Waals surface area contributed by atoms with E-state index >= 15 is 37.5 Å². The van der Waals surface area contributed by atoms with E-state index in [4.69, 9.17) is 9.47 Å². The summed E-state index contributed by atoms with van der Waals surface area (Å²) < 4.78 is 84.4. The van der Waals surface area contributed by atoms with Crippen LogP contribution in [0.5, 0.6) is 0 Å². The van der Waals surface area contributed by atoms with Gasteiger partial charge in [-0.25, -0.2) is 8.78 Å². The summed E-state index contributed by atoms with van der Waals surface area (Å²) in [6, 6.07) is -11.1. The van der Waals surface area contributed by atoms with Crippen molar-refractivity contribution in [1.29, 1.82) is 0 Å². The Labute approximate surface area is 616 Å². The number of carbonyl (C=O) groups excluding carboxylic acids is 12. The zero-order chi connectivity index (χ0) is 78.5. The number of nitrogens with zero attached hydrogens (tertiary/aromatic N) is 9. The molecule has 26 nitrogen and oxygen atoms in total. The van der Waals surface area contributed by atoms with Crippen molar-refractivity contribution in [3.8, 4) is 0 Å². The summed E-state index contributed by atoms with van der Waals surface area (Å²) in [7, 11) is 12.3. The number of amides is 12. The molecule has 594 valence electrons. The Balaban J connectivity index is 1.49. The van der Waals surface area contributed by atoms with E-state index in [1.165, 1.54) is 88.0 Å². The molecule has 0 aromatic rings. The number of rotatable bonds is 15. The molecule has 31 heteroatoms. The Hall–Kier alpha value is -7.05. The van der Waals surface area contributed by atoms with Gasteiger partial charge in [0.15, 0.2) is 0 Å². The quantitative estimate of drug-likeness (QED) is 0.143. The van der Waals surface area contributed by atoms with E-state index in [1.54, 1.807) is 26.8 Å². The molecule has 1 spiro atoms. The van der Waals surface area contributed by atoms with Crippen LogP contribution in [-0.4, -0.2) is 296 Å². The van der Waals surface area contributed by atoms with E-state index in [0.717, 1.165) is 51.7 Å². The van der Waals surface area contributed by atoms with Crippen LogP contribution in [0.25, 0.3) is 0 Å². The fraction of sp³-hybridized carbons (Fsp3) is 0.811. The van der Waals surface area contributed by atoms with Gasteiger partial charge in [-0.3, -0.25) is 57.5 Å². The third-order valence-electron chi connectivity index (χ3n) is 23.0. The molecule has 0 radical (unpaired) electrons. The average molecular weight is 1500 g/mol. The Kier molecular flexibility index (Phi) is 31.2. The van der Waals surface area contributed by atoms with Gasteiger partial charge in [0.2, 0.25) is 70.9 Å². The number of alkyl halides is 5. The van der Waals surface area contributed by atoms with Crippen molar-refractivity contribution in [2.24, 2.45) is 35.0 Å². The predicted molar refractivity (Wildman–Crippen MR) is 380 cm³/mol. The molecular weight excluding hydrogens is 1380 g/mol. The number of hydrogen-bond acceptors (Lipinski definition) is 14. The number of carbonyl (C=O) groups is 12. The molecule has 12 amide bonds. The van der Waals surface area contributed by atoms with Crippen LogP contribution in [0.15, 0.2) is 12.2 Å². The van der Waals surface area contributed by atoms with E-state index in [-0.39, 0.29) is 64.1 Å². The maximum absolute atomic E-state index is 15.7. The van der Waals surface area contributed by atoms with Gasteiger partial charge in [-0.2, -0.15) is 13.2 Å². The van der Waals surface area contributed by atoms with Crippen LogP contribution >= 0.6 is 0 Å². The summed E-state index contributed by atoms with van der Waals surface area (Å²) in [6.07, 6.45) is -4.93. The number of hydrogen-bond donors (Lipinski definition) is 3. The molecular formula is C74H119F5N12O14. The monoisotopic (exact) mass is 1490 g/mol. The Bertz CT molecular complexity index is 3100. The highest BCUT2D eigenvalue weighted by Crippen LogP contribution is 2.50. The van der Waals surface area contributed by atoms with Crippen molar-refractivity contribution >= 4 is 70.9 Å². The summed E-state index contributed by atoms with van der Waals surface area (Å²) in [5.74, 6) is -14.1. The molecule has 3 aliphatic heterocycles. The molecule has 2 unspecified atom stereocenters. The van der Waals surface area contributed by atoms with Crippen molar-refractivity contribution in [2.75, 3.05) is 103 Å². The van der Waals surface area contributed by atoms with Crippen molar-refractivity contribution in [3.63, 3.8) is 0 Å². The second kappa shape index (κ2) is 37.7. The summed E-state index contributed by atoms with van der Waals surface area (Å²) in [5.41, 5.74) is -2.33. The molecule has 2 bridgehead atoms. The minimum absolute atomic E-state index is 0.00234. The van der Waals surface area contributed by atoms with Gasteiger partial charge in [0.25, 0.3) is 0 Å². The summed E-state index contributed by atoms with van der Waals surface area (Å²) >= 11 is 0. The molecule has 5 fully saturated rings. The number of nitrogens with one attached hydrogen (secondary N) is 3. The fourth-order valence-electron chi connectivity index (χ4n) is 16.8. The zero-order valence-electron chi connectivity index (χ0n) is 64.7. The van der Waals surface area contributed by atoms with Gasteiger partial charge in [0.05, 0.1) is 32.2 Å². The molecule has 0 aromatic heterocycles. The van der Waals surface area contributed by atoms with Crippen LogP contribution < -0.4 is 16.0 Å². The van der Waals surface area contributed by atoms with Crippen molar-refractivity contribution in [3.05, 3.63) is 12.2 Å². The molecule has 12 atom stereocenters. The molecule has 0 aromatic carbocycles. The molecule has 3 N–H and O–H groups in total. The normalized spacial score (nSPS) is 30.7. The van der Waals surface area contributed by atoms with E-state index < -0.39 is 224 Å². The Morgan fingerprint density at radius 2 is 1.30 bits per heavy atom. The van der Waals surface area contributed by atoms with Gasteiger partial charge in [-0.05, 0) is 93.8 Å². The van der Waals surface area contributed by atoms with Gasteiger partial charge in [-0.1, -0.05) is 105 Å². The number of likely N-dealkylation sites (N-methyl/N-ethyl adjacent to an activating group) is 7. The van der Waals surface area contributed by atoms with E-state index in [2.05, 4.69) is 16.0 Å². The first-order chi connectivity index (χ1) is 49.2.